The normalized spacial score (nSPS) is 10.7. The van der Waals surface area contributed by atoms with E-state index in [1.165, 1.54) is 5.56 Å². The molecular formula is C10H12BrNO. The van der Waals surface area contributed by atoms with Crippen LogP contribution >= 0.6 is 15.9 Å². The molecule has 0 unspecified atom stereocenters. The minimum Gasteiger partial charge on any atom is -0.481 e. The van der Waals surface area contributed by atoms with Crippen LogP contribution in [0.5, 0.6) is 5.88 Å². The molecule has 13 heavy (non-hydrogen) atoms. The number of hydrogen-bond donors (Lipinski definition) is 0. The van der Waals surface area contributed by atoms with E-state index in [-0.39, 0.29) is 0 Å². The van der Waals surface area contributed by atoms with Crippen molar-refractivity contribution in [3.8, 4) is 5.88 Å². The van der Waals surface area contributed by atoms with Crippen LogP contribution in [-0.2, 0) is 0 Å². The summed E-state index contributed by atoms with van der Waals surface area (Å²) in [5, 5.41) is 0.860. The van der Waals surface area contributed by atoms with Crippen LogP contribution in [0.15, 0.2) is 18.3 Å². The number of nitrogens with zero attached hydrogens (tertiary/aromatic N) is 1. The van der Waals surface area contributed by atoms with E-state index in [1.807, 2.05) is 31.3 Å². The zero-order valence-electron chi connectivity index (χ0n) is 7.75. The maximum absolute atomic E-state index is 5.01. The molecule has 0 N–H and O–H groups in total. The van der Waals surface area contributed by atoms with Gasteiger partial charge in [-0.1, -0.05) is 28.1 Å². The average Bonchev–Trinajstić information content (AvgIpc) is 2.16. The minimum atomic E-state index is 0.661. The number of allylic oxidation sites excluding steroid dienone is 1. The fourth-order valence-corrected chi connectivity index (χ4v) is 1.19. The molecule has 0 fully saturated rings. The van der Waals surface area contributed by atoms with Gasteiger partial charge in [0.1, 0.15) is 0 Å². The molecule has 0 atom stereocenters. The number of hydrogen-bond acceptors (Lipinski definition) is 2. The molecule has 0 amide bonds. The summed E-state index contributed by atoms with van der Waals surface area (Å²) in [6.45, 7) is 2.04. The van der Waals surface area contributed by atoms with E-state index in [1.54, 1.807) is 7.11 Å². The second-order valence-corrected chi connectivity index (χ2v) is 3.29. The first-order valence-corrected chi connectivity index (χ1v) is 5.13. The molecule has 1 aromatic rings. The lowest BCUT2D eigenvalue weighted by Crippen LogP contribution is -1.90. The number of rotatable bonds is 3. The zero-order chi connectivity index (χ0) is 9.68. The van der Waals surface area contributed by atoms with Crippen LogP contribution in [0.25, 0.3) is 6.08 Å². The van der Waals surface area contributed by atoms with Gasteiger partial charge in [0.05, 0.1) is 7.11 Å². The molecule has 0 aliphatic carbocycles. The van der Waals surface area contributed by atoms with Gasteiger partial charge < -0.3 is 4.74 Å². The molecule has 0 bridgehead atoms. The Morgan fingerprint density at radius 2 is 2.38 bits per heavy atom. The largest absolute Gasteiger partial charge is 0.481 e. The predicted octanol–water partition coefficient (Wildman–Crippen LogP) is 2.81. The molecule has 2 nitrogen and oxygen atoms in total. The summed E-state index contributed by atoms with van der Waals surface area (Å²) < 4.78 is 5.01. The summed E-state index contributed by atoms with van der Waals surface area (Å²) in [4.78, 5) is 4.12. The van der Waals surface area contributed by atoms with Gasteiger partial charge >= 0.3 is 0 Å². The van der Waals surface area contributed by atoms with E-state index in [0.717, 1.165) is 10.9 Å². The highest BCUT2D eigenvalue weighted by molar-refractivity contribution is 9.09. The van der Waals surface area contributed by atoms with Crippen molar-refractivity contribution in [1.82, 2.24) is 4.98 Å². The molecule has 0 radical (unpaired) electrons. The summed E-state index contributed by atoms with van der Waals surface area (Å²) in [6, 6.07) is 1.92. The second-order valence-electron chi connectivity index (χ2n) is 2.64. The molecule has 70 valence electrons. The molecule has 0 saturated carbocycles. The lowest BCUT2D eigenvalue weighted by molar-refractivity contribution is 0.397. The number of halogens is 1. The summed E-state index contributed by atoms with van der Waals surface area (Å²) >= 11 is 3.33. The van der Waals surface area contributed by atoms with Crippen molar-refractivity contribution in [3.05, 3.63) is 29.5 Å². The average molecular weight is 242 g/mol. The predicted molar refractivity (Wildman–Crippen MR) is 58.4 cm³/mol. The Bertz CT molecular complexity index is 310. The number of aryl methyl sites for hydroxylation is 1. The topological polar surface area (TPSA) is 22.1 Å². The molecule has 1 heterocycles. The standard InChI is InChI=1S/C10H12BrNO/c1-8-6-10(13-2)12-7-9(8)4-3-5-11/h3-4,6-7H,5H2,1-2H3. The maximum atomic E-state index is 5.01. The number of alkyl halides is 1. The third kappa shape index (κ3) is 2.84. The van der Waals surface area contributed by atoms with Gasteiger partial charge in [-0.15, -0.1) is 0 Å². The van der Waals surface area contributed by atoms with Crippen molar-refractivity contribution in [1.29, 1.82) is 0 Å². The summed E-state index contributed by atoms with van der Waals surface area (Å²) in [5.74, 6) is 0.661. The Balaban J connectivity index is 2.91. The Morgan fingerprint density at radius 3 is 2.92 bits per heavy atom. The molecule has 3 heteroatoms. The van der Waals surface area contributed by atoms with E-state index in [2.05, 4.69) is 20.9 Å². The van der Waals surface area contributed by atoms with Crippen LogP contribution in [-0.4, -0.2) is 17.4 Å². The van der Waals surface area contributed by atoms with Crippen LogP contribution in [0.1, 0.15) is 11.1 Å². The highest BCUT2D eigenvalue weighted by Crippen LogP contribution is 2.14. The molecule has 0 spiro atoms. The van der Waals surface area contributed by atoms with E-state index in [4.69, 9.17) is 4.74 Å². The van der Waals surface area contributed by atoms with Crippen LogP contribution in [0.3, 0.4) is 0 Å². The van der Waals surface area contributed by atoms with Crippen molar-refractivity contribution in [2.24, 2.45) is 0 Å². The molecular weight excluding hydrogens is 230 g/mol. The van der Waals surface area contributed by atoms with Gasteiger partial charge in [-0.25, -0.2) is 4.98 Å². The summed E-state index contributed by atoms with van der Waals surface area (Å²) in [7, 11) is 1.62. The van der Waals surface area contributed by atoms with Gasteiger partial charge in [-0.3, -0.25) is 0 Å². The lowest BCUT2D eigenvalue weighted by Gasteiger charge is -2.02. The number of ether oxygens (including phenoxy) is 1. The van der Waals surface area contributed by atoms with Gasteiger partial charge in [-0.05, 0) is 18.1 Å². The van der Waals surface area contributed by atoms with E-state index >= 15 is 0 Å². The third-order valence-corrected chi connectivity index (χ3v) is 2.10. The van der Waals surface area contributed by atoms with Crippen molar-refractivity contribution < 1.29 is 4.74 Å². The Hall–Kier alpha value is -0.830. The first-order chi connectivity index (χ1) is 6.27. The lowest BCUT2D eigenvalue weighted by atomic mass is 10.1. The van der Waals surface area contributed by atoms with Crippen LogP contribution in [0, 0.1) is 6.92 Å². The SMILES string of the molecule is COc1cc(C)c(C=CCBr)cn1. The van der Waals surface area contributed by atoms with Crippen LogP contribution < -0.4 is 4.74 Å². The van der Waals surface area contributed by atoms with Gasteiger partial charge in [0, 0.05) is 17.6 Å². The Labute approximate surface area is 86.8 Å². The number of pyridine rings is 1. The smallest absolute Gasteiger partial charge is 0.213 e. The van der Waals surface area contributed by atoms with Gasteiger partial charge in [0.25, 0.3) is 0 Å². The zero-order valence-corrected chi connectivity index (χ0v) is 9.34. The van der Waals surface area contributed by atoms with Crippen molar-refractivity contribution in [3.63, 3.8) is 0 Å². The van der Waals surface area contributed by atoms with Crippen LogP contribution in [0.2, 0.25) is 0 Å². The van der Waals surface area contributed by atoms with Gasteiger partial charge in [0.15, 0.2) is 0 Å². The van der Waals surface area contributed by atoms with Crippen molar-refractivity contribution in [2.45, 2.75) is 6.92 Å². The van der Waals surface area contributed by atoms with E-state index < -0.39 is 0 Å². The van der Waals surface area contributed by atoms with Crippen molar-refractivity contribution >= 4 is 22.0 Å². The number of methoxy groups -OCH3 is 1. The van der Waals surface area contributed by atoms with Crippen LogP contribution in [0.4, 0.5) is 0 Å². The minimum absolute atomic E-state index is 0.661. The van der Waals surface area contributed by atoms with Gasteiger partial charge in [-0.2, -0.15) is 0 Å². The fourth-order valence-electron chi connectivity index (χ4n) is 0.998. The maximum Gasteiger partial charge on any atom is 0.213 e. The molecule has 0 aromatic carbocycles. The molecule has 1 aromatic heterocycles. The highest BCUT2D eigenvalue weighted by atomic mass is 79.9. The molecule has 0 saturated heterocycles. The van der Waals surface area contributed by atoms with Gasteiger partial charge in [0.2, 0.25) is 5.88 Å². The monoisotopic (exact) mass is 241 g/mol. The highest BCUT2D eigenvalue weighted by Gasteiger charge is 1.97. The molecule has 0 aliphatic heterocycles. The third-order valence-electron chi connectivity index (χ3n) is 1.72. The first-order valence-electron chi connectivity index (χ1n) is 4.01. The molecule has 0 aliphatic rings. The van der Waals surface area contributed by atoms with E-state index in [9.17, 15) is 0 Å². The first kappa shape index (κ1) is 10.3. The van der Waals surface area contributed by atoms with E-state index in [0.29, 0.717) is 5.88 Å². The Kier molecular flexibility index (Phi) is 3.96. The fraction of sp³-hybridized carbons (Fsp3) is 0.300. The number of aromatic nitrogens is 1. The molecule has 1 rings (SSSR count). The quantitative estimate of drug-likeness (QED) is 0.760. The second kappa shape index (κ2) is 5.02. The summed E-state index contributed by atoms with van der Waals surface area (Å²) in [6.07, 6.45) is 5.89. The van der Waals surface area contributed by atoms with Crippen molar-refractivity contribution in [2.75, 3.05) is 12.4 Å². The summed E-state index contributed by atoms with van der Waals surface area (Å²) in [5.41, 5.74) is 2.30. The Morgan fingerprint density at radius 1 is 1.62 bits per heavy atom.